The van der Waals surface area contributed by atoms with E-state index in [4.69, 9.17) is 4.74 Å². The van der Waals surface area contributed by atoms with Gasteiger partial charge in [0.15, 0.2) is 0 Å². The van der Waals surface area contributed by atoms with Crippen LogP contribution in [0.15, 0.2) is 24.3 Å². The molecule has 1 aromatic rings. The third-order valence-corrected chi connectivity index (χ3v) is 2.49. The number of anilines is 1. The molecule has 1 unspecified atom stereocenters. The lowest BCUT2D eigenvalue weighted by molar-refractivity contribution is -0.117. The van der Waals surface area contributed by atoms with E-state index in [0.717, 1.165) is 11.4 Å². The molecule has 4 nitrogen and oxygen atoms in total. The van der Waals surface area contributed by atoms with Crippen molar-refractivity contribution < 1.29 is 14.6 Å². The Morgan fingerprint density at radius 3 is 2.53 bits per heavy atom. The summed E-state index contributed by atoms with van der Waals surface area (Å²) in [5.41, 5.74) is 0.803. The Hall–Kier alpha value is -1.55. The maximum Gasteiger partial charge on any atom is 0.229 e. The van der Waals surface area contributed by atoms with Crippen LogP contribution in [0.25, 0.3) is 0 Å². The van der Waals surface area contributed by atoms with Gasteiger partial charge in [0.25, 0.3) is 0 Å². The molecule has 2 rings (SSSR count). The molecule has 1 fully saturated rings. The molecule has 80 valence electrons. The van der Waals surface area contributed by atoms with Crippen molar-refractivity contribution in [3.05, 3.63) is 24.3 Å². The fourth-order valence-electron chi connectivity index (χ4n) is 1.70. The Morgan fingerprint density at radius 1 is 1.40 bits per heavy atom. The van der Waals surface area contributed by atoms with Gasteiger partial charge in [0.1, 0.15) is 5.75 Å². The minimum Gasteiger partial charge on any atom is -0.497 e. The average molecular weight is 207 g/mol. The first-order valence-corrected chi connectivity index (χ1v) is 4.83. The molecule has 1 aromatic carbocycles. The van der Waals surface area contributed by atoms with E-state index in [-0.39, 0.29) is 12.3 Å². The van der Waals surface area contributed by atoms with Crippen LogP contribution in [-0.2, 0) is 4.79 Å². The fraction of sp³-hybridized carbons (Fsp3) is 0.364. The van der Waals surface area contributed by atoms with E-state index in [1.807, 2.05) is 12.1 Å². The minimum atomic E-state index is -0.542. The van der Waals surface area contributed by atoms with E-state index in [2.05, 4.69) is 0 Å². The number of rotatable bonds is 2. The second-order valence-electron chi connectivity index (χ2n) is 3.56. The van der Waals surface area contributed by atoms with E-state index in [0.29, 0.717) is 6.54 Å². The zero-order valence-corrected chi connectivity index (χ0v) is 8.51. The molecular formula is C11H13NO3. The summed E-state index contributed by atoms with van der Waals surface area (Å²) in [6.07, 6.45) is -0.328. The number of β-amino-alcohol motifs (C(OH)–C–C–N with tert-alkyl or cyclic N) is 1. The molecule has 0 bridgehead atoms. The van der Waals surface area contributed by atoms with Crippen molar-refractivity contribution in [2.24, 2.45) is 0 Å². The number of benzene rings is 1. The van der Waals surface area contributed by atoms with Crippen molar-refractivity contribution in [1.29, 1.82) is 0 Å². The Labute approximate surface area is 88.1 Å². The number of methoxy groups -OCH3 is 1. The number of aliphatic hydroxyl groups is 1. The van der Waals surface area contributed by atoms with Gasteiger partial charge in [-0.2, -0.15) is 0 Å². The average Bonchev–Trinajstić information content (AvgIpc) is 2.58. The summed E-state index contributed by atoms with van der Waals surface area (Å²) in [4.78, 5) is 13.1. The maximum absolute atomic E-state index is 11.5. The van der Waals surface area contributed by atoms with Crippen LogP contribution < -0.4 is 9.64 Å². The number of amides is 1. The molecule has 1 N–H and O–H groups in total. The van der Waals surface area contributed by atoms with Crippen molar-refractivity contribution >= 4 is 11.6 Å². The molecule has 0 radical (unpaired) electrons. The van der Waals surface area contributed by atoms with E-state index < -0.39 is 6.10 Å². The first-order valence-electron chi connectivity index (χ1n) is 4.83. The van der Waals surface area contributed by atoms with Crippen LogP contribution in [0.3, 0.4) is 0 Å². The summed E-state index contributed by atoms with van der Waals surface area (Å²) in [7, 11) is 1.60. The van der Waals surface area contributed by atoms with Crippen LogP contribution in [0.5, 0.6) is 5.75 Å². The van der Waals surface area contributed by atoms with Crippen molar-refractivity contribution in [2.45, 2.75) is 12.5 Å². The maximum atomic E-state index is 11.5. The third kappa shape index (κ3) is 1.94. The number of carbonyl (C=O) groups is 1. The summed E-state index contributed by atoms with van der Waals surface area (Å²) < 4.78 is 5.03. The highest BCUT2D eigenvalue weighted by atomic mass is 16.5. The predicted octanol–water partition coefficient (Wildman–Crippen LogP) is 0.793. The van der Waals surface area contributed by atoms with Gasteiger partial charge >= 0.3 is 0 Å². The molecule has 0 spiro atoms. The first-order chi connectivity index (χ1) is 7.20. The molecule has 0 aromatic heterocycles. The zero-order chi connectivity index (χ0) is 10.8. The number of ether oxygens (including phenoxy) is 1. The SMILES string of the molecule is COc1ccc(N2CC(O)CC2=O)cc1. The summed E-state index contributed by atoms with van der Waals surface area (Å²) >= 11 is 0. The molecule has 15 heavy (non-hydrogen) atoms. The Kier molecular flexibility index (Phi) is 2.60. The van der Waals surface area contributed by atoms with Crippen LogP contribution in [0, 0.1) is 0 Å². The summed E-state index contributed by atoms with van der Waals surface area (Å²) in [6.45, 7) is 0.380. The molecule has 1 amide bonds. The number of hydrogen-bond acceptors (Lipinski definition) is 3. The van der Waals surface area contributed by atoms with Gasteiger partial charge in [-0.15, -0.1) is 0 Å². The highest BCUT2D eigenvalue weighted by Crippen LogP contribution is 2.23. The molecular weight excluding hydrogens is 194 g/mol. The van der Waals surface area contributed by atoms with Crippen LogP contribution in [0.1, 0.15) is 6.42 Å². The summed E-state index contributed by atoms with van der Waals surface area (Å²) in [5, 5.41) is 9.34. The van der Waals surface area contributed by atoms with Gasteiger partial charge < -0.3 is 14.7 Å². The number of hydrogen-bond donors (Lipinski definition) is 1. The lowest BCUT2D eigenvalue weighted by Crippen LogP contribution is -2.24. The van der Waals surface area contributed by atoms with Gasteiger partial charge in [0.05, 0.1) is 26.2 Å². The molecule has 0 saturated carbocycles. The quantitative estimate of drug-likeness (QED) is 0.780. The smallest absolute Gasteiger partial charge is 0.229 e. The molecule has 1 aliphatic heterocycles. The van der Waals surface area contributed by atoms with Crippen LogP contribution in [-0.4, -0.2) is 30.8 Å². The standard InChI is InChI=1S/C11H13NO3/c1-15-10-4-2-8(3-5-10)12-7-9(13)6-11(12)14/h2-5,9,13H,6-7H2,1H3. The van der Waals surface area contributed by atoms with Gasteiger partial charge in [-0.25, -0.2) is 0 Å². The molecule has 1 saturated heterocycles. The zero-order valence-electron chi connectivity index (χ0n) is 8.51. The number of carbonyl (C=O) groups excluding carboxylic acids is 1. The molecule has 1 aliphatic rings. The molecule has 4 heteroatoms. The minimum absolute atomic E-state index is 0.0346. The lowest BCUT2D eigenvalue weighted by atomic mass is 10.3. The molecule has 0 aliphatic carbocycles. The number of aliphatic hydroxyl groups excluding tert-OH is 1. The van der Waals surface area contributed by atoms with E-state index in [1.54, 1.807) is 24.1 Å². The van der Waals surface area contributed by atoms with E-state index >= 15 is 0 Å². The highest BCUT2D eigenvalue weighted by Gasteiger charge is 2.28. The topological polar surface area (TPSA) is 49.8 Å². The van der Waals surface area contributed by atoms with E-state index in [1.165, 1.54) is 0 Å². The van der Waals surface area contributed by atoms with Gasteiger partial charge in [0.2, 0.25) is 5.91 Å². The molecule has 1 heterocycles. The number of nitrogens with zero attached hydrogens (tertiary/aromatic N) is 1. The van der Waals surface area contributed by atoms with Gasteiger partial charge in [-0.3, -0.25) is 4.79 Å². The van der Waals surface area contributed by atoms with Crippen LogP contribution in [0.4, 0.5) is 5.69 Å². The Bertz CT molecular complexity index is 361. The second-order valence-corrected chi connectivity index (χ2v) is 3.56. The summed E-state index contributed by atoms with van der Waals surface area (Å²) in [5.74, 6) is 0.721. The predicted molar refractivity (Wildman–Crippen MR) is 56.0 cm³/mol. The monoisotopic (exact) mass is 207 g/mol. The largest absolute Gasteiger partial charge is 0.497 e. The third-order valence-electron chi connectivity index (χ3n) is 2.49. The van der Waals surface area contributed by atoms with Crippen molar-refractivity contribution in [1.82, 2.24) is 0 Å². The fourth-order valence-corrected chi connectivity index (χ4v) is 1.70. The van der Waals surface area contributed by atoms with Gasteiger partial charge in [-0.1, -0.05) is 0 Å². The van der Waals surface area contributed by atoms with Gasteiger partial charge in [-0.05, 0) is 24.3 Å². The highest BCUT2D eigenvalue weighted by molar-refractivity contribution is 5.96. The normalized spacial score (nSPS) is 20.8. The van der Waals surface area contributed by atoms with Crippen molar-refractivity contribution in [3.8, 4) is 5.75 Å². The van der Waals surface area contributed by atoms with Crippen molar-refractivity contribution in [3.63, 3.8) is 0 Å². The van der Waals surface area contributed by atoms with Crippen molar-refractivity contribution in [2.75, 3.05) is 18.6 Å². The first kappa shape index (κ1) is 9.98. The lowest BCUT2D eigenvalue weighted by Gasteiger charge is -2.15. The van der Waals surface area contributed by atoms with Crippen LogP contribution >= 0.6 is 0 Å². The molecule has 1 atom stereocenters. The Balaban J connectivity index is 2.19. The van der Waals surface area contributed by atoms with E-state index in [9.17, 15) is 9.90 Å². The van der Waals surface area contributed by atoms with Gasteiger partial charge in [0, 0.05) is 5.69 Å². The second kappa shape index (κ2) is 3.90. The summed E-state index contributed by atoms with van der Waals surface area (Å²) in [6, 6.07) is 7.23. The van der Waals surface area contributed by atoms with Crippen LogP contribution in [0.2, 0.25) is 0 Å². The Morgan fingerprint density at radius 2 is 2.07 bits per heavy atom.